The molecular weight excluding hydrogens is 273 g/mol. The molecule has 2 rings (SSSR count). The first-order chi connectivity index (χ1) is 7.63. The number of ether oxygens (including phenoxy) is 1. The summed E-state index contributed by atoms with van der Waals surface area (Å²) in [4.78, 5) is 0. The van der Waals surface area contributed by atoms with Crippen LogP contribution in [-0.2, 0) is 5.41 Å². The molecule has 16 heavy (non-hydrogen) atoms. The maximum Gasteiger partial charge on any atom is 0.131 e. The molecule has 0 atom stereocenters. The number of hydrogen-bond acceptors (Lipinski definition) is 2. The number of halogens is 2. The normalized spacial score (nSPS) is 18.0. The second-order valence-electron chi connectivity index (χ2n) is 4.30. The van der Waals surface area contributed by atoms with Crippen LogP contribution in [0.2, 0.25) is 0 Å². The molecule has 1 fully saturated rings. The first-order valence-electron chi connectivity index (χ1n) is 5.36. The van der Waals surface area contributed by atoms with Crippen molar-refractivity contribution in [2.75, 3.05) is 13.7 Å². The van der Waals surface area contributed by atoms with Crippen LogP contribution in [0.4, 0.5) is 4.39 Å². The predicted octanol–water partition coefficient (Wildman–Crippen LogP) is 2.98. The van der Waals surface area contributed by atoms with Crippen molar-refractivity contribution >= 4 is 15.9 Å². The van der Waals surface area contributed by atoms with Crippen LogP contribution >= 0.6 is 15.9 Å². The molecule has 88 valence electrons. The van der Waals surface area contributed by atoms with Crippen LogP contribution in [0.5, 0.6) is 5.75 Å². The summed E-state index contributed by atoms with van der Waals surface area (Å²) in [6, 6.07) is 3.28. The van der Waals surface area contributed by atoms with Crippen molar-refractivity contribution in [2.24, 2.45) is 5.73 Å². The molecule has 2 nitrogen and oxygen atoms in total. The van der Waals surface area contributed by atoms with E-state index in [0.29, 0.717) is 22.3 Å². The molecule has 0 heterocycles. The highest BCUT2D eigenvalue weighted by Gasteiger charge is 2.41. The third-order valence-corrected chi connectivity index (χ3v) is 3.93. The minimum atomic E-state index is -0.226. The predicted molar refractivity (Wildman–Crippen MR) is 65.2 cm³/mol. The van der Waals surface area contributed by atoms with Crippen molar-refractivity contribution in [3.63, 3.8) is 0 Å². The highest BCUT2D eigenvalue weighted by molar-refractivity contribution is 9.10. The third-order valence-electron chi connectivity index (χ3n) is 3.47. The topological polar surface area (TPSA) is 35.2 Å². The summed E-state index contributed by atoms with van der Waals surface area (Å²) in [5, 5.41) is 0. The van der Waals surface area contributed by atoms with Crippen LogP contribution in [0.1, 0.15) is 24.8 Å². The monoisotopic (exact) mass is 287 g/mol. The van der Waals surface area contributed by atoms with E-state index in [2.05, 4.69) is 15.9 Å². The van der Waals surface area contributed by atoms with Gasteiger partial charge in [-0.2, -0.15) is 0 Å². The van der Waals surface area contributed by atoms with Crippen LogP contribution in [0.15, 0.2) is 16.6 Å². The van der Waals surface area contributed by atoms with Crippen molar-refractivity contribution in [2.45, 2.75) is 24.7 Å². The molecule has 0 unspecified atom stereocenters. The second-order valence-corrected chi connectivity index (χ2v) is 5.22. The molecule has 1 aliphatic carbocycles. The molecule has 0 bridgehead atoms. The van der Waals surface area contributed by atoms with Gasteiger partial charge in [0.05, 0.1) is 7.11 Å². The number of nitrogens with two attached hydrogens (primary N) is 1. The lowest BCUT2D eigenvalue weighted by Crippen LogP contribution is -2.42. The van der Waals surface area contributed by atoms with Gasteiger partial charge < -0.3 is 10.5 Å². The van der Waals surface area contributed by atoms with Crippen LogP contribution in [0.25, 0.3) is 0 Å². The summed E-state index contributed by atoms with van der Waals surface area (Å²) >= 11 is 3.27. The standard InChI is InChI=1S/C12H15BrFNO/c1-16-10-6-8(13)5-9(14)11(10)12(7-15)3-2-4-12/h5-6H,2-4,7,15H2,1H3. The van der Waals surface area contributed by atoms with Crippen molar-refractivity contribution in [3.05, 3.63) is 28.0 Å². The smallest absolute Gasteiger partial charge is 0.131 e. The van der Waals surface area contributed by atoms with Gasteiger partial charge in [-0.1, -0.05) is 22.4 Å². The number of hydrogen-bond donors (Lipinski definition) is 1. The van der Waals surface area contributed by atoms with Gasteiger partial charge in [-0.15, -0.1) is 0 Å². The highest BCUT2D eigenvalue weighted by atomic mass is 79.9. The van der Waals surface area contributed by atoms with E-state index < -0.39 is 0 Å². The molecule has 1 aromatic rings. The first-order valence-corrected chi connectivity index (χ1v) is 6.16. The van der Waals surface area contributed by atoms with Gasteiger partial charge in [-0.05, 0) is 25.0 Å². The van der Waals surface area contributed by atoms with E-state index in [-0.39, 0.29) is 11.2 Å². The van der Waals surface area contributed by atoms with Crippen molar-refractivity contribution in [1.82, 2.24) is 0 Å². The van der Waals surface area contributed by atoms with Gasteiger partial charge in [0, 0.05) is 22.0 Å². The Morgan fingerprint density at radius 2 is 2.19 bits per heavy atom. The van der Waals surface area contributed by atoms with Gasteiger partial charge >= 0.3 is 0 Å². The maximum absolute atomic E-state index is 14.0. The van der Waals surface area contributed by atoms with Crippen LogP contribution in [-0.4, -0.2) is 13.7 Å². The molecule has 2 N–H and O–H groups in total. The quantitative estimate of drug-likeness (QED) is 0.928. The fourth-order valence-electron chi connectivity index (χ4n) is 2.39. The average Bonchev–Trinajstić information content (AvgIpc) is 2.19. The van der Waals surface area contributed by atoms with E-state index in [1.165, 1.54) is 6.07 Å². The molecule has 1 aromatic carbocycles. The highest BCUT2D eigenvalue weighted by Crippen LogP contribution is 2.48. The Hall–Kier alpha value is -0.610. The van der Waals surface area contributed by atoms with Gasteiger partial charge in [-0.25, -0.2) is 4.39 Å². The zero-order valence-corrected chi connectivity index (χ0v) is 10.8. The summed E-state index contributed by atoms with van der Waals surface area (Å²) in [7, 11) is 1.56. The van der Waals surface area contributed by atoms with Crippen molar-refractivity contribution < 1.29 is 9.13 Å². The van der Waals surface area contributed by atoms with E-state index in [1.54, 1.807) is 13.2 Å². The van der Waals surface area contributed by atoms with Crippen LogP contribution in [0.3, 0.4) is 0 Å². The fourth-order valence-corrected chi connectivity index (χ4v) is 2.79. The molecule has 0 spiro atoms. The molecule has 0 amide bonds. The first kappa shape index (κ1) is 11.9. The van der Waals surface area contributed by atoms with Crippen LogP contribution in [0, 0.1) is 5.82 Å². The van der Waals surface area contributed by atoms with Gasteiger partial charge in [0.15, 0.2) is 0 Å². The Labute approximate surface area is 103 Å². The van der Waals surface area contributed by atoms with Gasteiger partial charge in [0.1, 0.15) is 11.6 Å². The van der Waals surface area contributed by atoms with E-state index in [4.69, 9.17) is 10.5 Å². The Morgan fingerprint density at radius 3 is 2.62 bits per heavy atom. The van der Waals surface area contributed by atoms with Gasteiger partial charge in [-0.3, -0.25) is 0 Å². The van der Waals surface area contributed by atoms with Gasteiger partial charge in [0.25, 0.3) is 0 Å². The van der Waals surface area contributed by atoms with E-state index >= 15 is 0 Å². The van der Waals surface area contributed by atoms with Gasteiger partial charge in [0.2, 0.25) is 0 Å². The van der Waals surface area contributed by atoms with E-state index in [1.807, 2.05) is 0 Å². The summed E-state index contributed by atoms with van der Waals surface area (Å²) in [6.07, 6.45) is 2.99. The average molecular weight is 288 g/mol. The summed E-state index contributed by atoms with van der Waals surface area (Å²) in [5.41, 5.74) is 6.23. The Bertz CT molecular complexity index is 399. The molecular formula is C12H15BrFNO. The lowest BCUT2D eigenvalue weighted by molar-refractivity contribution is 0.234. The summed E-state index contributed by atoms with van der Waals surface area (Å²) < 4.78 is 20.0. The Morgan fingerprint density at radius 1 is 1.50 bits per heavy atom. The lowest BCUT2D eigenvalue weighted by atomic mass is 9.64. The zero-order chi connectivity index (χ0) is 11.8. The maximum atomic E-state index is 14.0. The van der Waals surface area contributed by atoms with Crippen molar-refractivity contribution in [3.8, 4) is 5.75 Å². The third kappa shape index (κ3) is 1.74. The van der Waals surface area contributed by atoms with Crippen LogP contribution < -0.4 is 10.5 Å². The summed E-state index contributed by atoms with van der Waals surface area (Å²) in [6.45, 7) is 0.474. The Balaban J connectivity index is 2.54. The molecule has 0 aromatic heterocycles. The number of rotatable bonds is 3. The van der Waals surface area contributed by atoms with E-state index in [9.17, 15) is 4.39 Å². The SMILES string of the molecule is COc1cc(Br)cc(F)c1C1(CN)CCC1. The molecule has 0 aliphatic heterocycles. The molecule has 0 radical (unpaired) electrons. The molecule has 1 saturated carbocycles. The molecule has 1 aliphatic rings. The number of methoxy groups -OCH3 is 1. The lowest BCUT2D eigenvalue weighted by Gasteiger charge is -2.42. The number of benzene rings is 1. The van der Waals surface area contributed by atoms with Crippen molar-refractivity contribution in [1.29, 1.82) is 0 Å². The molecule has 0 saturated heterocycles. The molecule has 4 heteroatoms. The Kier molecular flexibility index (Phi) is 3.22. The summed E-state index contributed by atoms with van der Waals surface area (Å²) in [5.74, 6) is 0.369. The van der Waals surface area contributed by atoms with E-state index in [0.717, 1.165) is 19.3 Å². The second kappa shape index (κ2) is 4.34. The minimum absolute atomic E-state index is 0.212. The zero-order valence-electron chi connectivity index (χ0n) is 9.22. The largest absolute Gasteiger partial charge is 0.496 e. The minimum Gasteiger partial charge on any atom is -0.496 e. The fraction of sp³-hybridized carbons (Fsp3) is 0.500.